The summed E-state index contributed by atoms with van der Waals surface area (Å²) >= 11 is 0. The quantitative estimate of drug-likeness (QED) is 0.654. The molecular formula is C11H14N2O6. The Kier molecular flexibility index (Phi) is 3.93. The Morgan fingerprint density at radius 2 is 2.42 bits per heavy atom. The van der Waals surface area contributed by atoms with Crippen LogP contribution in [0.5, 0.6) is 0 Å². The summed E-state index contributed by atoms with van der Waals surface area (Å²) in [7, 11) is 1.22. The van der Waals surface area contributed by atoms with Crippen molar-refractivity contribution in [2.24, 2.45) is 0 Å². The van der Waals surface area contributed by atoms with Crippen molar-refractivity contribution in [3.8, 4) is 0 Å². The number of aromatic nitrogens is 2. The molecule has 8 heteroatoms. The van der Waals surface area contributed by atoms with Crippen molar-refractivity contribution >= 4 is 5.97 Å². The van der Waals surface area contributed by atoms with Gasteiger partial charge in [0.1, 0.15) is 12.3 Å². The molecule has 2 heterocycles. The van der Waals surface area contributed by atoms with E-state index in [1.165, 1.54) is 13.3 Å². The summed E-state index contributed by atoms with van der Waals surface area (Å²) in [5.41, 5.74) is -0.504. The first kappa shape index (κ1) is 13.7. The molecule has 0 bridgehead atoms. The number of methoxy groups -OCH3 is 1. The Morgan fingerprint density at radius 1 is 1.68 bits per heavy atom. The van der Waals surface area contributed by atoms with Crippen LogP contribution in [-0.4, -0.2) is 51.7 Å². The Balaban J connectivity index is 2.30. The summed E-state index contributed by atoms with van der Waals surface area (Å²) in [6.07, 6.45) is 0.120. The second-order valence-electron chi connectivity index (χ2n) is 4.14. The summed E-state index contributed by atoms with van der Waals surface area (Å²) in [6.45, 7) is -0.351. The molecule has 0 aromatic carbocycles. The third-order valence-corrected chi connectivity index (χ3v) is 2.93. The Labute approximate surface area is 108 Å². The highest BCUT2D eigenvalue weighted by molar-refractivity contribution is 5.88. The number of hydrogen-bond acceptors (Lipinski definition) is 7. The van der Waals surface area contributed by atoms with Crippen LogP contribution in [0.1, 0.15) is 23.0 Å². The molecule has 0 radical (unpaired) electrons. The van der Waals surface area contributed by atoms with Gasteiger partial charge in [0.05, 0.1) is 25.4 Å². The van der Waals surface area contributed by atoms with Gasteiger partial charge in [-0.1, -0.05) is 0 Å². The van der Waals surface area contributed by atoms with Gasteiger partial charge in [0, 0.05) is 18.8 Å². The van der Waals surface area contributed by atoms with E-state index in [0.717, 1.165) is 10.8 Å². The smallest absolute Gasteiger partial charge is 0.349 e. The molecule has 1 fully saturated rings. The number of rotatable bonds is 3. The van der Waals surface area contributed by atoms with E-state index in [4.69, 9.17) is 9.84 Å². The highest BCUT2D eigenvalue weighted by Crippen LogP contribution is 2.27. The van der Waals surface area contributed by atoms with E-state index in [9.17, 15) is 14.7 Å². The average molecular weight is 270 g/mol. The van der Waals surface area contributed by atoms with E-state index in [2.05, 4.69) is 9.72 Å². The third kappa shape index (κ3) is 2.65. The predicted octanol–water partition coefficient (Wildman–Crippen LogP) is -1.33. The molecule has 3 unspecified atom stereocenters. The van der Waals surface area contributed by atoms with Crippen LogP contribution in [0.4, 0.5) is 0 Å². The summed E-state index contributed by atoms with van der Waals surface area (Å²) in [5, 5.41) is 18.6. The number of carbonyl (C=O) groups is 1. The number of aliphatic hydroxyl groups excluding tert-OH is 2. The van der Waals surface area contributed by atoms with Crippen molar-refractivity contribution < 1.29 is 24.5 Å². The van der Waals surface area contributed by atoms with E-state index < -0.39 is 30.1 Å². The third-order valence-electron chi connectivity index (χ3n) is 2.93. The van der Waals surface area contributed by atoms with Crippen LogP contribution in [0.2, 0.25) is 0 Å². The molecule has 0 saturated carbocycles. The molecule has 1 aromatic heterocycles. The molecule has 0 spiro atoms. The van der Waals surface area contributed by atoms with Crippen LogP contribution in [0.3, 0.4) is 0 Å². The molecule has 104 valence electrons. The predicted molar refractivity (Wildman–Crippen MR) is 61.5 cm³/mol. The highest BCUT2D eigenvalue weighted by atomic mass is 16.5. The van der Waals surface area contributed by atoms with Crippen molar-refractivity contribution in [3.05, 3.63) is 28.4 Å². The van der Waals surface area contributed by atoms with Crippen LogP contribution >= 0.6 is 0 Å². The lowest BCUT2D eigenvalue weighted by Gasteiger charge is -2.14. The van der Waals surface area contributed by atoms with Gasteiger partial charge in [-0.05, 0) is 0 Å². The van der Waals surface area contributed by atoms with Crippen LogP contribution in [0, 0.1) is 0 Å². The zero-order valence-corrected chi connectivity index (χ0v) is 10.2. The number of aliphatic hydroxyl groups is 2. The molecule has 1 aliphatic rings. The Hall–Kier alpha value is -1.77. The molecule has 19 heavy (non-hydrogen) atoms. The minimum Gasteiger partial charge on any atom is -0.465 e. The Morgan fingerprint density at radius 3 is 3.00 bits per heavy atom. The van der Waals surface area contributed by atoms with Gasteiger partial charge in [-0.25, -0.2) is 14.6 Å². The molecule has 0 aliphatic carbocycles. The minimum atomic E-state index is -0.872. The van der Waals surface area contributed by atoms with E-state index in [0.29, 0.717) is 0 Å². The fraction of sp³-hybridized carbons (Fsp3) is 0.545. The van der Waals surface area contributed by atoms with Crippen LogP contribution in [0.15, 0.2) is 17.2 Å². The maximum atomic E-state index is 11.6. The molecule has 1 aliphatic heterocycles. The summed E-state index contributed by atoms with van der Waals surface area (Å²) in [4.78, 5) is 26.6. The van der Waals surface area contributed by atoms with Gasteiger partial charge < -0.3 is 19.7 Å². The van der Waals surface area contributed by atoms with E-state index in [-0.39, 0.29) is 18.6 Å². The first-order chi connectivity index (χ1) is 9.06. The zero-order chi connectivity index (χ0) is 14.0. The monoisotopic (exact) mass is 270 g/mol. The molecule has 3 atom stereocenters. The fourth-order valence-corrected chi connectivity index (χ4v) is 1.91. The SMILES string of the molecule is COC(=O)c1cnc(=O)n(C2CC(O)C(CO)O2)c1. The minimum absolute atomic E-state index is 0.104. The lowest BCUT2D eigenvalue weighted by Crippen LogP contribution is -2.28. The van der Waals surface area contributed by atoms with Crippen molar-refractivity contribution in [3.63, 3.8) is 0 Å². The molecule has 1 aromatic rings. The lowest BCUT2D eigenvalue weighted by molar-refractivity contribution is -0.0459. The molecule has 2 N–H and O–H groups in total. The van der Waals surface area contributed by atoms with Crippen LogP contribution < -0.4 is 5.69 Å². The second kappa shape index (κ2) is 5.47. The summed E-state index contributed by atoms with van der Waals surface area (Å²) < 4.78 is 11.0. The van der Waals surface area contributed by atoms with Crippen molar-refractivity contribution in [1.29, 1.82) is 0 Å². The zero-order valence-electron chi connectivity index (χ0n) is 10.2. The van der Waals surface area contributed by atoms with Crippen molar-refractivity contribution in [2.45, 2.75) is 24.9 Å². The van der Waals surface area contributed by atoms with Crippen molar-refractivity contribution in [1.82, 2.24) is 9.55 Å². The van der Waals surface area contributed by atoms with Crippen LogP contribution in [0.25, 0.3) is 0 Å². The van der Waals surface area contributed by atoms with E-state index in [1.54, 1.807) is 0 Å². The van der Waals surface area contributed by atoms with Gasteiger partial charge in [0.15, 0.2) is 0 Å². The van der Waals surface area contributed by atoms with Gasteiger partial charge in [0.2, 0.25) is 0 Å². The maximum absolute atomic E-state index is 11.6. The Bertz CT molecular complexity index is 528. The van der Waals surface area contributed by atoms with Crippen molar-refractivity contribution in [2.75, 3.05) is 13.7 Å². The number of hydrogen-bond donors (Lipinski definition) is 2. The first-order valence-electron chi connectivity index (χ1n) is 5.67. The largest absolute Gasteiger partial charge is 0.465 e. The summed E-state index contributed by atoms with van der Waals surface area (Å²) in [5.74, 6) is -0.626. The van der Waals surface area contributed by atoms with Gasteiger partial charge in [0.25, 0.3) is 0 Å². The molecule has 0 amide bonds. The maximum Gasteiger partial charge on any atom is 0.349 e. The van der Waals surface area contributed by atoms with E-state index in [1.807, 2.05) is 0 Å². The number of ether oxygens (including phenoxy) is 2. The fourth-order valence-electron chi connectivity index (χ4n) is 1.91. The van der Waals surface area contributed by atoms with Gasteiger partial charge in [-0.3, -0.25) is 4.57 Å². The second-order valence-corrected chi connectivity index (χ2v) is 4.14. The average Bonchev–Trinajstić information content (AvgIpc) is 2.79. The number of esters is 1. The molecule has 8 nitrogen and oxygen atoms in total. The highest BCUT2D eigenvalue weighted by Gasteiger charge is 2.35. The number of nitrogens with zero attached hydrogens (tertiary/aromatic N) is 2. The summed E-state index contributed by atoms with van der Waals surface area (Å²) in [6, 6.07) is 0. The molecule has 2 rings (SSSR count). The van der Waals surface area contributed by atoms with Gasteiger partial charge in [-0.2, -0.15) is 0 Å². The first-order valence-corrected chi connectivity index (χ1v) is 5.67. The lowest BCUT2D eigenvalue weighted by atomic mass is 10.2. The normalized spacial score (nSPS) is 26.4. The molecule has 1 saturated heterocycles. The van der Waals surface area contributed by atoms with Gasteiger partial charge >= 0.3 is 11.7 Å². The standard InChI is InChI=1S/C11H14N2O6/c1-18-10(16)6-3-12-11(17)13(4-6)9-2-7(15)8(5-14)19-9/h3-4,7-9,14-15H,2,5H2,1H3. The van der Waals surface area contributed by atoms with Gasteiger partial charge in [-0.15, -0.1) is 0 Å². The molecular weight excluding hydrogens is 256 g/mol. The topological polar surface area (TPSA) is 111 Å². The van der Waals surface area contributed by atoms with E-state index >= 15 is 0 Å². The number of carbonyl (C=O) groups excluding carboxylic acids is 1. The van der Waals surface area contributed by atoms with Crippen LogP contribution in [-0.2, 0) is 9.47 Å².